The number of carbonyl (C=O) groups is 3. The first kappa shape index (κ1) is 20.1. The van der Waals surface area contributed by atoms with Crippen molar-refractivity contribution in [3.05, 3.63) is 0 Å². The van der Waals surface area contributed by atoms with E-state index in [1.165, 1.54) is 0 Å². The Morgan fingerprint density at radius 2 is 1.81 bits per heavy atom. The molecular formula is C19H32N4O4. The quantitative estimate of drug-likeness (QED) is 0.663. The number of rotatable bonds is 6. The van der Waals surface area contributed by atoms with Crippen molar-refractivity contribution < 1.29 is 19.1 Å². The van der Waals surface area contributed by atoms with Crippen LogP contribution in [-0.4, -0.2) is 80.1 Å². The van der Waals surface area contributed by atoms with E-state index in [9.17, 15) is 14.4 Å². The molecule has 2 saturated heterocycles. The van der Waals surface area contributed by atoms with Crippen LogP contribution in [0, 0.1) is 5.41 Å². The summed E-state index contributed by atoms with van der Waals surface area (Å²) in [4.78, 5) is 40.8. The van der Waals surface area contributed by atoms with Crippen LogP contribution < -0.4 is 10.6 Å². The van der Waals surface area contributed by atoms with E-state index in [1.54, 1.807) is 19.1 Å². The van der Waals surface area contributed by atoms with Crippen molar-refractivity contribution in [1.29, 1.82) is 0 Å². The number of ether oxygens (including phenoxy) is 1. The van der Waals surface area contributed by atoms with Gasteiger partial charge in [-0.15, -0.1) is 0 Å². The topological polar surface area (TPSA) is 91.0 Å². The molecule has 1 aliphatic carbocycles. The maximum Gasteiger partial charge on any atom is 0.327 e. The predicted molar refractivity (Wildman–Crippen MR) is 100 cm³/mol. The Balaban J connectivity index is 1.60. The molecule has 1 saturated carbocycles. The molecule has 0 atom stereocenters. The van der Waals surface area contributed by atoms with Crippen LogP contribution in [0.25, 0.3) is 0 Å². The number of nitrogens with zero attached hydrogens (tertiary/aromatic N) is 2. The fraction of sp³-hybridized carbons (Fsp3) is 0.842. The number of likely N-dealkylation sites (N-methyl/N-ethyl adjacent to an activating group) is 1. The first-order valence-corrected chi connectivity index (χ1v) is 10.0. The second kappa shape index (κ2) is 8.14. The Hall–Kier alpha value is -1.67. The molecular weight excluding hydrogens is 348 g/mol. The summed E-state index contributed by atoms with van der Waals surface area (Å²) in [6.45, 7) is 2.68. The minimum Gasteiger partial charge on any atom is -0.384 e. The SMILES string of the molecule is COCC1(CNC(=O)CN2C(=O)N(C)C3(CCCCC3)C2=O)CCNCC1. The molecule has 3 aliphatic rings. The maximum atomic E-state index is 13.0. The van der Waals surface area contributed by atoms with Crippen molar-refractivity contribution >= 4 is 17.8 Å². The van der Waals surface area contributed by atoms with E-state index >= 15 is 0 Å². The molecule has 27 heavy (non-hydrogen) atoms. The van der Waals surface area contributed by atoms with Gasteiger partial charge in [0.15, 0.2) is 0 Å². The van der Waals surface area contributed by atoms with Crippen LogP contribution in [0.15, 0.2) is 0 Å². The van der Waals surface area contributed by atoms with Crippen LogP contribution >= 0.6 is 0 Å². The molecule has 0 aromatic carbocycles. The molecule has 0 aromatic rings. The fourth-order valence-corrected chi connectivity index (χ4v) is 4.79. The zero-order valence-corrected chi connectivity index (χ0v) is 16.5. The molecule has 3 fully saturated rings. The highest BCUT2D eigenvalue weighted by molar-refractivity contribution is 6.08. The van der Waals surface area contributed by atoms with Crippen LogP contribution in [0.4, 0.5) is 4.79 Å². The number of piperidine rings is 1. The monoisotopic (exact) mass is 380 g/mol. The Bertz CT molecular complexity index is 577. The highest BCUT2D eigenvalue weighted by Crippen LogP contribution is 2.39. The second-order valence-electron chi connectivity index (χ2n) is 8.28. The van der Waals surface area contributed by atoms with Crippen molar-refractivity contribution in [3.8, 4) is 0 Å². The second-order valence-corrected chi connectivity index (χ2v) is 8.28. The van der Waals surface area contributed by atoms with Crippen molar-refractivity contribution in [3.63, 3.8) is 0 Å². The Morgan fingerprint density at radius 1 is 1.15 bits per heavy atom. The smallest absolute Gasteiger partial charge is 0.327 e. The standard InChI is InChI=1S/C19H32N4O4/c1-22-17(26)23(16(25)19(22)6-4-3-5-7-19)12-15(24)21-13-18(14-27-2)8-10-20-11-9-18/h20H,3-14H2,1-2H3,(H,21,24). The van der Waals surface area contributed by atoms with Gasteiger partial charge in [0.05, 0.1) is 6.61 Å². The normalized spacial score (nSPS) is 24.5. The minimum absolute atomic E-state index is 0.0872. The number of methoxy groups -OCH3 is 1. The van der Waals surface area contributed by atoms with Gasteiger partial charge in [0.25, 0.3) is 5.91 Å². The average molecular weight is 380 g/mol. The molecule has 1 spiro atoms. The van der Waals surface area contributed by atoms with Gasteiger partial charge in [0, 0.05) is 26.1 Å². The summed E-state index contributed by atoms with van der Waals surface area (Å²) in [7, 11) is 3.36. The molecule has 0 bridgehead atoms. The Labute approximate surface area is 161 Å². The summed E-state index contributed by atoms with van der Waals surface area (Å²) >= 11 is 0. The van der Waals surface area contributed by atoms with Gasteiger partial charge in [-0.05, 0) is 38.8 Å². The van der Waals surface area contributed by atoms with Gasteiger partial charge in [-0.2, -0.15) is 0 Å². The van der Waals surface area contributed by atoms with E-state index in [1.807, 2.05) is 0 Å². The van der Waals surface area contributed by atoms with Crippen molar-refractivity contribution in [2.75, 3.05) is 46.9 Å². The number of amides is 4. The molecule has 152 valence electrons. The zero-order chi connectivity index (χ0) is 19.5. The Morgan fingerprint density at radius 3 is 2.44 bits per heavy atom. The molecule has 8 heteroatoms. The van der Waals surface area contributed by atoms with Crippen molar-refractivity contribution in [1.82, 2.24) is 20.4 Å². The van der Waals surface area contributed by atoms with E-state index in [0.29, 0.717) is 26.0 Å². The average Bonchev–Trinajstić information content (AvgIpc) is 2.84. The number of nitrogens with one attached hydrogen (secondary N) is 2. The lowest BCUT2D eigenvalue weighted by Gasteiger charge is -2.37. The van der Waals surface area contributed by atoms with Crippen LogP contribution in [0.5, 0.6) is 0 Å². The molecule has 4 amide bonds. The highest BCUT2D eigenvalue weighted by Gasteiger charge is 2.55. The lowest BCUT2D eigenvalue weighted by atomic mass is 9.79. The zero-order valence-electron chi connectivity index (χ0n) is 16.5. The molecule has 0 unspecified atom stereocenters. The van der Waals surface area contributed by atoms with Crippen LogP contribution in [0.2, 0.25) is 0 Å². The summed E-state index contributed by atoms with van der Waals surface area (Å²) < 4.78 is 5.37. The summed E-state index contributed by atoms with van der Waals surface area (Å²) in [6.07, 6.45) is 6.21. The van der Waals surface area contributed by atoms with Gasteiger partial charge in [-0.1, -0.05) is 19.3 Å². The van der Waals surface area contributed by atoms with E-state index in [-0.39, 0.29) is 29.8 Å². The van der Waals surface area contributed by atoms with Crippen molar-refractivity contribution in [2.24, 2.45) is 5.41 Å². The summed E-state index contributed by atoms with van der Waals surface area (Å²) in [5.74, 6) is -0.495. The third kappa shape index (κ3) is 3.82. The number of hydrogen-bond acceptors (Lipinski definition) is 5. The predicted octanol–water partition coefficient (Wildman–Crippen LogP) is 0.716. The van der Waals surface area contributed by atoms with Gasteiger partial charge in [-0.3, -0.25) is 14.5 Å². The fourth-order valence-electron chi connectivity index (χ4n) is 4.79. The molecule has 2 N–H and O–H groups in total. The van der Waals surface area contributed by atoms with Gasteiger partial charge >= 0.3 is 6.03 Å². The van der Waals surface area contributed by atoms with E-state index < -0.39 is 5.54 Å². The van der Waals surface area contributed by atoms with Gasteiger partial charge in [-0.25, -0.2) is 4.79 Å². The number of hydrogen-bond donors (Lipinski definition) is 2. The lowest BCUT2D eigenvalue weighted by molar-refractivity contribution is -0.137. The number of urea groups is 1. The van der Waals surface area contributed by atoms with E-state index in [2.05, 4.69) is 10.6 Å². The van der Waals surface area contributed by atoms with Gasteiger partial charge < -0.3 is 20.3 Å². The van der Waals surface area contributed by atoms with Crippen LogP contribution in [0.1, 0.15) is 44.9 Å². The lowest BCUT2D eigenvalue weighted by Crippen LogP contribution is -2.50. The third-order valence-electron chi connectivity index (χ3n) is 6.56. The highest BCUT2D eigenvalue weighted by atomic mass is 16.5. The third-order valence-corrected chi connectivity index (χ3v) is 6.56. The Kier molecular flexibility index (Phi) is 6.05. The number of carbonyl (C=O) groups excluding carboxylic acids is 3. The molecule has 0 aromatic heterocycles. The van der Waals surface area contributed by atoms with E-state index in [4.69, 9.17) is 4.74 Å². The van der Waals surface area contributed by atoms with Crippen molar-refractivity contribution in [2.45, 2.75) is 50.5 Å². The molecule has 2 aliphatic heterocycles. The van der Waals surface area contributed by atoms with Gasteiger partial charge in [0.1, 0.15) is 12.1 Å². The largest absolute Gasteiger partial charge is 0.384 e. The summed E-state index contributed by atoms with van der Waals surface area (Å²) in [6, 6.07) is -0.356. The molecule has 3 rings (SSSR count). The minimum atomic E-state index is -0.734. The van der Waals surface area contributed by atoms with Gasteiger partial charge in [0.2, 0.25) is 5.91 Å². The first-order valence-electron chi connectivity index (χ1n) is 10.0. The first-order chi connectivity index (χ1) is 12.9. The summed E-state index contributed by atoms with van der Waals surface area (Å²) in [5, 5.41) is 6.26. The maximum absolute atomic E-state index is 13.0. The molecule has 8 nitrogen and oxygen atoms in total. The number of imide groups is 1. The van der Waals surface area contributed by atoms with Crippen LogP contribution in [-0.2, 0) is 14.3 Å². The summed E-state index contributed by atoms with van der Waals surface area (Å²) in [5.41, 5.74) is -0.821. The van der Waals surface area contributed by atoms with Crippen LogP contribution in [0.3, 0.4) is 0 Å². The molecule has 0 radical (unpaired) electrons. The molecule has 2 heterocycles. The van der Waals surface area contributed by atoms with E-state index in [0.717, 1.165) is 50.1 Å².